The molecule has 1 nitrogen and oxygen atoms in total. The smallest absolute Gasteiger partial charge is 0.0901 e. The summed E-state index contributed by atoms with van der Waals surface area (Å²) >= 11 is 1.70. The van der Waals surface area contributed by atoms with Crippen molar-refractivity contribution in [1.82, 2.24) is 4.98 Å². The normalized spacial score (nSPS) is 9.80. The molecule has 80 valence electrons. The van der Waals surface area contributed by atoms with Gasteiger partial charge in [0.15, 0.2) is 0 Å². The summed E-state index contributed by atoms with van der Waals surface area (Å²) in [5.74, 6) is 0. The second-order valence-electron chi connectivity index (χ2n) is 3.57. The lowest BCUT2D eigenvalue weighted by atomic mass is 10.0. The third-order valence-electron chi connectivity index (χ3n) is 2.29. The quantitative estimate of drug-likeness (QED) is 0.752. The molecular formula is C12H13BrNS-. The second kappa shape index (κ2) is 4.90. The van der Waals surface area contributed by atoms with Gasteiger partial charge in [-0.05, 0) is 32.4 Å². The van der Waals surface area contributed by atoms with Crippen LogP contribution in [0.25, 0.3) is 11.3 Å². The molecular weight excluding hydrogens is 270 g/mol. The van der Waals surface area contributed by atoms with Crippen LogP contribution in [0.15, 0.2) is 23.6 Å². The van der Waals surface area contributed by atoms with Gasteiger partial charge < -0.3 is 17.0 Å². The maximum absolute atomic E-state index is 4.50. The predicted molar refractivity (Wildman–Crippen MR) is 61.8 cm³/mol. The standard InChI is InChI=1S/C12H13NS.BrH/c1-8-4-5-9(2)11(6-8)12-7-14-10(3)13-12;/h4-7H,1-3H3;1H/p-1. The zero-order valence-electron chi connectivity index (χ0n) is 9.04. The van der Waals surface area contributed by atoms with Crippen molar-refractivity contribution in [2.24, 2.45) is 0 Å². The molecule has 0 fully saturated rings. The Morgan fingerprint density at radius 3 is 2.47 bits per heavy atom. The first-order valence-corrected chi connectivity index (χ1v) is 5.54. The van der Waals surface area contributed by atoms with Crippen LogP contribution in [0.4, 0.5) is 0 Å². The summed E-state index contributed by atoms with van der Waals surface area (Å²) in [5.41, 5.74) is 4.94. The number of benzene rings is 1. The molecule has 1 aromatic carbocycles. The largest absolute Gasteiger partial charge is 1.00 e. The van der Waals surface area contributed by atoms with E-state index in [9.17, 15) is 0 Å². The SMILES string of the molecule is Cc1ccc(C)c(-c2csc(C)n2)c1.[Br-]. The zero-order valence-corrected chi connectivity index (χ0v) is 11.4. The first-order chi connectivity index (χ1) is 6.66. The van der Waals surface area contributed by atoms with Crippen LogP contribution in [0.2, 0.25) is 0 Å². The first kappa shape index (κ1) is 12.4. The van der Waals surface area contributed by atoms with Crippen LogP contribution in [-0.4, -0.2) is 4.98 Å². The zero-order chi connectivity index (χ0) is 10.1. The number of hydrogen-bond acceptors (Lipinski definition) is 2. The van der Waals surface area contributed by atoms with Crippen LogP contribution in [-0.2, 0) is 0 Å². The highest BCUT2D eigenvalue weighted by molar-refractivity contribution is 7.09. The van der Waals surface area contributed by atoms with Gasteiger partial charge in [-0.1, -0.05) is 17.7 Å². The van der Waals surface area contributed by atoms with Gasteiger partial charge in [0, 0.05) is 10.9 Å². The fraction of sp³-hybridized carbons (Fsp3) is 0.250. The summed E-state index contributed by atoms with van der Waals surface area (Å²) in [5, 5.41) is 3.25. The Bertz CT molecular complexity index is 462. The van der Waals surface area contributed by atoms with Crippen molar-refractivity contribution in [1.29, 1.82) is 0 Å². The highest BCUT2D eigenvalue weighted by Crippen LogP contribution is 2.25. The fourth-order valence-corrected chi connectivity index (χ4v) is 2.11. The number of rotatable bonds is 1. The average molecular weight is 283 g/mol. The molecule has 1 heterocycles. The lowest BCUT2D eigenvalue weighted by molar-refractivity contribution is -0.00000304. The van der Waals surface area contributed by atoms with Gasteiger partial charge in [-0.25, -0.2) is 4.98 Å². The Labute approximate surface area is 105 Å². The van der Waals surface area contributed by atoms with Crippen molar-refractivity contribution >= 4 is 11.3 Å². The minimum absolute atomic E-state index is 0. The van der Waals surface area contributed by atoms with Crippen LogP contribution < -0.4 is 17.0 Å². The molecule has 0 atom stereocenters. The summed E-state index contributed by atoms with van der Waals surface area (Å²) in [6.07, 6.45) is 0. The molecule has 2 aromatic rings. The molecule has 0 unspecified atom stereocenters. The Hall–Kier alpha value is -0.670. The number of hydrogen-bond donors (Lipinski definition) is 0. The summed E-state index contributed by atoms with van der Waals surface area (Å²) in [6, 6.07) is 6.49. The van der Waals surface area contributed by atoms with Crippen LogP contribution in [0.3, 0.4) is 0 Å². The summed E-state index contributed by atoms with van der Waals surface area (Å²) < 4.78 is 0. The maximum atomic E-state index is 4.50. The Balaban J connectivity index is 0.00000112. The van der Waals surface area contributed by atoms with E-state index in [1.165, 1.54) is 16.7 Å². The number of halogens is 1. The molecule has 0 N–H and O–H groups in total. The van der Waals surface area contributed by atoms with Crippen molar-refractivity contribution in [2.45, 2.75) is 20.8 Å². The Kier molecular flexibility index (Phi) is 4.05. The van der Waals surface area contributed by atoms with E-state index in [-0.39, 0.29) is 17.0 Å². The van der Waals surface area contributed by atoms with Crippen molar-refractivity contribution in [2.75, 3.05) is 0 Å². The second-order valence-corrected chi connectivity index (χ2v) is 4.63. The molecule has 1 aromatic heterocycles. The summed E-state index contributed by atoms with van der Waals surface area (Å²) in [4.78, 5) is 4.50. The minimum atomic E-state index is 0. The van der Waals surface area contributed by atoms with Crippen LogP contribution in [0, 0.1) is 20.8 Å². The van der Waals surface area contributed by atoms with E-state index in [0.29, 0.717) is 0 Å². The molecule has 0 aliphatic heterocycles. The number of nitrogens with zero attached hydrogens (tertiary/aromatic N) is 1. The summed E-state index contributed by atoms with van der Waals surface area (Å²) in [6.45, 7) is 6.28. The van der Waals surface area contributed by atoms with E-state index in [1.54, 1.807) is 11.3 Å². The predicted octanol–water partition coefficient (Wildman–Crippen LogP) is 0.739. The van der Waals surface area contributed by atoms with Gasteiger partial charge in [0.25, 0.3) is 0 Å². The van der Waals surface area contributed by atoms with Crippen molar-refractivity contribution in [3.63, 3.8) is 0 Å². The third-order valence-corrected chi connectivity index (χ3v) is 3.06. The van der Waals surface area contributed by atoms with Gasteiger partial charge in [0.05, 0.1) is 10.7 Å². The molecule has 0 spiro atoms. The molecule has 3 heteroatoms. The van der Waals surface area contributed by atoms with Gasteiger partial charge >= 0.3 is 0 Å². The average Bonchev–Trinajstić information content (AvgIpc) is 2.56. The number of aromatic nitrogens is 1. The van der Waals surface area contributed by atoms with E-state index in [4.69, 9.17) is 0 Å². The van der Waals surface area contributed by atoms with E-state index >= 15 is 0 Å². The fourth-order valence-electron chi connectivity index (χ4n) is 1.50. The molecule has 0 aliphatic rings. The van der Waals surface area contributed by atoms with Crippen molar-refractivity contribution in [3.8, 4) is 11.3 Å². The molecule has 0 radical (unpaired) electrons. The molecule has 0 saturated heterocycles. The van der Waals surface area contributed by atoms with Gasteiger partial charge in [0.1, 0.15) is 0 Å². The Morgan fingerprint density at radius 1 is 1.13 bits per heavy atom. The lowest BCUT2D eigenvalue weighted by Gasteiger charge is -2.03. The van der Waals surface area contributed by atoms with Crippen molar-refractivity contribution in [3.05, 3.63) is 39.7 Å². The molecule has 0 aliphatic carbocycles. The third kappa shape index (κ3) is 2.67. The highest BCUT2D eigenvalue weighted by atomic mass is 79.9. The summed E-state index contributed by atoms with van der Waals surface area (Å²) in [7, 11) is 0. The highest BCUT2D eigenvalue weighted by Gasteiger charge is 2.04. The van der Waals surface area contributed by atoms with E-state index in [2.05, 4.69) is 42.4 Å². The lowest BCUT2D eigenvalue weighted by Crippen LogP contribution is -3.00. The van der Waals surface area contributed by atoms with Crippen LogP contribution in [0.1, 0.15) is 16.1 Å². The topological polar surface area (TPSA) is 12.9 Å². The van der Waals surface area contributed by atoms with Crippen LogP contribution >= 0.6 is 11.3 Å². The van der Waals surface area contributed by atoms with E-state index < -0.39 is 0 Å². The van der Waals surface area contributed by atoms with Gasteiger partial charge in [-0.3, -0.25) is 0 Å². The maximum Gasteiger partial charge on any atom is 0.0901 e. The van der Waals surface area contributed by atoms with Gasteiger partial charge in [-0.2, -0.15) is 0 Å². The van der Waals surface area contributed by atoms with E-state index in [0.717, 1.165) is 10.7 Å². The molecule has 0 saturated carbocycles. The van der Waals surface area contributed by atoms with Crippen LogP contribution in [0.5, 0.6) is 0 Å². The molecule has 0 bridgehead atoms. The number of aryl methyl sites for hydroxylation is 3. The van der Waals surface area contributed by atoms with Crippen molar-refractivity contribution < 1.29 is 17.0 Å². The monoisotopic (exact) mass is 282 g/mol. The molecule has 0 amide bonds. The minimum Gasteiger partial charge on any atom is -1.00 e. The number of thiazole rings is 1. The first-order valence-electron chi connectivity index (χ1n) is 4.66. The van der Waals surface area contributed by atoms with Gasteiger partial charge in [-0.15, -0.1) is 11.3 Å². The van der Waals surface area contributed by atoms with Gasteiger partial charge in [0.2, 0.25) is 0 Å². The molecule has 15 heavy (non-hydrogen) atoms. The molecule has 2 rings (SSSR count). The Morgan fingerprint density at radius 2 is 1.87 bits per heavy atom. The van der Waals surface area contributed by atoms with E-state index in [1.807, 2.05) is 6.92 Å².